The number of hydrogen-bond acceptors (Lipinski definition) is 6. The first-order chi connectivity index (χ1) is 25.9. The Bertz CT molecular complexity index is 1010. The number of phosphoric acid groups is 1. The Morgan fingerprint density at radius 2 is 1.09 bits per heavy atom. The van der Waals surface area contributed by atoms with Gasteiger partial charge < -0.3 is 21.1 Å². The van der Waals surface area contributed by atoms with Crippen LogP contribution in [0.25, 0.3) is 0 Å². The zero-order valence-corrected chi connectivity index (χ0v) is 34.9. The van der Waals surface area contributed by atoms with E-state index in [-0.39, 0.29) is 32.1 Å². The first kappa shape index (κ1) is 51.2. The molecule has 308 valence electrons. The molecule has 0 aliphatic rings. The van der Waals surface area contributed by atoms with Crippen molar-refractivity contribution in [1.82, 2.24) is 5.32 Å². The zero-order chi connectivity index (χ0) is 38.9. The zero-order valence-electron chi connectivity index (χ0n) is 34.0. The van der Waals surface area contributed by atoms with E-state index in [0.717, 1.165) is 44.9 Å². The quantitative estimate of drug-likeness (QED) is 0.0278. The number of carbonyl (C=O) groups excluding carboxylic acids is 1. The molecule has 0 radical (unpaired) electrons. The van der Waals surface area contributed by atoms with Gasteiger partial charge in [-0.3, -0.25) is 13.8 Å². The molecule has 0 spiro atoms. The Morgan fingerprint density at radius 3 is 1.57 bits per heavy atom. The van der Waals surface area contributed by atoms with Crippen LogP contribution in [0.4, 0.5) is 0 Å². The van der Waals surface area contributed by atoms with Crippen molar-refractivity contribution in [3.63, 3.8) is 0 Å². The number of phosphoric ester groups is 1. The SMILES string of the molecule is CC/C=C\C/C=C\C/C=C\C/C=C\CCC(=O)NC(COP(=O)(O)OCCN)C(O)/C=C/CCCCCCCCCCCCCCCCCCCCC. The van der Waals surface area contributed by atoms with E-state index in [1.165, 1.54) is 109 Å². The fourth-order valence-electron chi connectivity index (χ4n) is 5.91. The minimum atomic E-state index is -4.36. The lowest BCUT2D eigenvalue weighted by Crippen LogP contribution is -2.45. The van der Waals surface area contributed by atoms with Gasteiger partial charge in [-0.1, -0.05) is 190 Å². The van der Waals surface area contributed by atoms with Crippen LogP contribution in [0.5, 0.6) is 0 Å². The van der Waals surface area contributed by atoms with Crippen LogP contribution in [0.2, 0.25) is 0 Å². The third kappa shape index (κ3) is 38.3. The van der Waals surface area contributed by atoms with Crippen molar-refractivity contribution < 1.29 is 28.4 Å². The van der Waals surface area contributed by atoms with Crippen LogP contribution in [0.3, 0.4) is 0 Å². The van der Waals surface area contributed by atoms with E-state index < -0.39 is 20.0 Å². The number of hydrogen-bond donors (Lipinski definition) is 4. The normalized spacial score (nSPS) is 14.7. The molecule has 0 aromatic carbocycles. The van der Waals surface area contributed by atoms with E-state index in [1.54, 1.807) is 6.08 Å². The van der Waals surface area contributed by atoms with Gasteiger partial charge in [0.25, 0.3) is 0 Å². The maximum absolute atomic E-state index is 12.7. The number of nitrogens with two attached hydrogens (primary N) is 1. The Kier molecular flexibility index (Phi) is 38.5. The maximum Gasteiger partial charge on any atom is 0.472 e. The molecule has 0 aliphatic carbocycles. The molecule has 53 heavy (non-hydrogen) atoms. The van der Waals surface area contributed by atoms with Gasteiger partial charge in [-0.2, -0.15) is 0 Å². The summed E-state index contributed by atoms with van der Waals surface area (Å²) in [5, 5.41) is 13.6. The second kappa shape index (κ2) is 39.9. The average molecular weight is 765 g/mol. The van der Waals surface area contributed by atoms with E-state index in [4.69, 9.17) is 14.8 Å². The number of nitrogens with one attached hydrogen (secondary N) is 1. The van der Waals surface area contributed by atoms with Crippen LogP contribution in [0.1, 0.15) is 181 Å². The fourth-order valence-corrected chi connectivity index (χ4v) is 6.67. The van der Waals surface area contributed by atoms with E-state index in [0.29, 0.717) is 6.42 Å². The molecule has 0 fully saturated rings. The van der Waals surface area contributed by atoms with Crippen molar-refractivity contribution in [3.8, 4) is 0 Å². The fraction of sp³-hybridized carbons (Fsp3) is 0.750. The second-order valence-corrected chi connectivity index (χ2v) is 15.6. The van der Waals surface area contributed by atoms with Crippen molar-refractivity contribution in [2.45, 2.75) is 193 Å². The van der Waals surface area contributed by atoms with Gasteiger partial charge >= 0.3 is 7.82 Å². The molecule has 0 aromatic heterocycles. The van der Waals surface area contributed by atoms with Gasteiger partial charge in [0.05, 0.1) is 25.4 Å². The minimum Gasteiger partial charge on any atom is -0.387 e. The summed E-state index contributed by atoms with van der Waals surface area (Å²) in [5.74, 6) is -0.275. The topological polar surface area (TPSA) is 131 Å². The third-order valence-electron chi connectivity index (χ3n) is 9.11. The monoisotopic (exact) mass is 765 g/mol. The largest absolute Gasteiger partial charge is 0.472 e. The lowest BCUT2D eigenvalue weighted by atomic mass is 10.0. The van der Waals surface area contributed by atoms with Gasteiger partial charge in [-0.15, -0.1) is 0 Å². The van der Waals surface area contributed by atoms with Gasteiger partial charge in [0.15, 0.2) is 0 Å². The van der Waals surface area contributed by atoms with Crippen molar-refractivity contribution >= 4 is 13.7 Å². The molecule has 3 atom stereocenters. The summed E-state index contributed by atoms with van der Waals surface area (Å²) < 4.78 is 22.1. The standard InChI is InChI=1S/C44H81N2O6P/c1-3-5-7-9-11-13-15-17-18-19-20-21-22-23-24-26-27-29-31-33-35-37-43(47)42(41-52-53(49,50)51-40-39-45)46-44(48)38-36-34-32-30-28-25-16-14-12-10-8-6-4-2/h6,8,12,14,25,28,32,34-35,37,42-43,47H,3-5,7,9-11,13,15-24,26-27,29-31,33,36,38-41,45H2,1-2H3,(H,46,48)(H,49,50)/b8-6-,14-12-,28-25-,34-32-,37-35+. The maximum atomic E-state index is 12.7. The predicted octanol–water partition coefficient (Wildman–Crippen LogP) is 11.9. The Labute approximate surface area is 325 Å². The number of unbranched alkanes of at least 4 members (excludes halogenated alkanes) is 19. The van der Waals surface area contributed by atoms with E-state index in [1.807, 2.05) is 18.2 Å². The Hall–Kier alpha value is -1.80. The summed E-state index contributed by atoms with van der Waals surface area (Å²) in [6.45, 7) is 3.96. The number of amides is 1. The minimum absolute atomic E-state index is 0.0657. The lowest BCUT2D eigenvalue weighted by Gasteiger charge is -2.23. The number of aliphatic hydroxyl groups is 1. The highest BCUT2D eigenvalue weighted by molar-refractivity contribution is 7.47. The second-order valence-electron chi connectivity index (χ2n) is 14.2. The smallest absolute Gasteiger partial charge is 0.387 e. The van der Waals surface area contributed by atoms with Crippen LogP contribution in [-0.2, 0) is 18.4 Å². The molecule has 1 amide bonds. The first-order valence-corrected chi connectivity index (χ1v) is 22.9. The van der Waals surface area contributed by atoms with Crippen molar-refractivity contribution in [2.75, 3.05) is 19.8 Å². The molecule has 0 aromatic rings. The summed E-state index contributed by atoms with van der Waals surface area (Å²) in [4.78, 5) is 22.6. The molecule has 0 saturated carbocycles. The van der Waals surface area contributed by atoms with E-state index in [2.05, 4.69) is 55.6 Å². The molecule has 0 heterocycles. The number of rotatable bonds is 39. The van der Waals surface area contributed by atoms with Gasteiger partial charge in [0.1, 0.15) is 0 Å². The van der Waals surface area contributed by atoms with Crippen molar-refractivity contribution in [2.24, 2.45) is 5.73 Å². The van der Waals surface area contributed by atoms with Crippen LogP contribution in [0.15, 0.2) is 60.8 Å². The van der Waals surface area contributed by atoms with Gasteiger partial charge in [0, 0.05) is 13.0 Å². The molecule has 9 heteroatoms. The van der Waals surface area contributed by atoms with Gasteiger partial charge in [-0.25, -0.2) is 4.57 Å². The van der Waals surface area contributed by atoms with Crippen LogP contribution in [0, 0.1) is 0 Å². The van der Waals surface area contributed by atoms with Crippen LogP contribution < -0.4 is 11.1 Å². The molecule has 0 saturated heterocycles. The summed E-state index contributed by atoms with van der Waals surface area (Å²) in [6, 6.07) is -0.900. The Morgan fingerprint density at radius 1 is 0.642 bits per heavy atom. The van der Waals surface area contributed by atoms with Gasteiger partial charge in [-0.05, 0) is 44.9 Å². The van der Waals surface area contributed by atoms with Crippen molar-refractivity contribution in [1.29, 1.82) is 0 Å². The van der Waals surface area contributed by atoms with E-state index >= 15 is 0 Å². The molecule has 0 aliphatic heterocycles. The first-order valence-electron chi connectivity index (χ1n) is 21.4. The summed E-state index contributed by atoms with van der Waals surface area (Å²) in [7, 11) is -4.36. The molecule has 0 bridgehead atoms. The highest BCUT2D eigenvalue weighted by Crippen LogP contribution is 2.43. The molecule has 8 nitrogen and oxygen atoms in total. The third-order valence-corrected chi connectivity index (χ3v) is 10.1. The summed E-state index contributed by atoms with van der Waals surface area (Å²) in [5.41, 5.74) is 5.36. The van der Waals surface area contributed by atoms with Crippen LogP contribution >= 0.6 is 7.82 Å². The van der Waals surface area contributed by atoms with E-state index in [9.17, 15) is 19.4 Å². The predicted molar refractivity (Wildman–Crippen MR) is 226 cm³/mol. The van der Waals surface area contributed by atoms with Gasteiger partial charge in [0.2, 0.25) is 5.91 Å². The molecule has 0 rings (SSSR count). The lowest BCUT2D eigenvalue weighted by molar-refractivity contribution is -0.122. The molecular weight excluding hydrogens is 683 g/mol. The van der Waals surface area contributed by atoms with Crippen molar-refractivity contribution in [3.05, 3.63) is 60.8 Å². The number of carbonyl (C=O) groups is 1. The highest BCUT2D eigenvalue weighted by atomic mass is 31.2. The summed E-state index contributed by atoms with van der Waals surface area (Å²) in [6.07, 6.45) is 50.1. The highest BCUT2D eigenvalue weighted by Gasteiger charge is 2.26. The molecule has 3 unspecified atom stereocenters. The molecule has 5 N–H and O–H groups in total. The molecular formula is C44H81N2O6P. The average Bonchev–Trinajstić information content (AvgIpc) is 3.14. The Balaban J connectivity index is 4.26. The number of allylic oxidation sites excluding steroid dienone is 9. The van der Waals surface area contributed by atoms with Crippen LogP contribution in [-0.4, -0.2) is 47.8 Å². The number of aliphatic hydroxyl groups excluding tert-OH is 1. The summed E-state index contributed by atoms with van der Waals surface area (Å²) >= 11 is 0.